The predicted octanol–water partition coefficient (Wildman–Crippen LogP) is 5.88. The minimum atomic E-state index is -4.64. The summed E-state index contributed by atoms with van der Waals surface area (Å²) in [5.41, 5.74) is -1.47. The lowest BCUT2D eigenvalue weighted by Gasteiger charge is -2.40. The van der Waals surface area contributed by atoms with Crippen LogP contribution < -0.4 is 21.3 Å². The Morgan fingerprint density at radius 2 is 1.69 bits per heavy atom. The number of rotatable bonds is 14. The van der Waals surface area contributed by atoms with Gasteiger partial charge in [0.15, 0.2) is 0 Å². The second kappa shape index (κ2) is 17.9. The number of aromatic nitrogens is 1. The summed E-state index contributed by atoms with van der Waals surface area (Å²) < 4.78 is 67.5. The standard InChI is InChI=1S/C40H51F4N5O6/c1-5-23(3)32(22-45-38(53)55-26-15-18-54-19-16-26)47-37(52)39(17-14-31-28(21-39)27-11-9-12-29(35(27)46-31)40(42,43)44)49-36(51)34(24(4)6-2)48-33(50)20-25-10-7-8-13-30(25)41/h7-13,23-24,26,32,34,46H,5-6,14-22H2,1-4H3,(H,45,53)(H,47,52)(H,48,50)(H,49,51)/t23?,24?,32?,34?,39-/m0/s1. The third-order valence-corrected chi connectivity index (χ3v) is 11.1. The Labute approximate surface area is 318 Å². The molecule has 4 amide bonds. The number of hydrogen-bond donors (Lipinski definition) is 5. The summed E-state index contributed by atoms with van der Waals surface area (Å²) in [6.45, 7) is 8.43. The largest absolute Gasteiger partial charge is 0.446 e. The van der Waals surface area contributed by atoms with Crippen LogP contribution in [0.3, 0.4) is 0 Å². The topological polar surface area (TPSA) is 151 Å². The summed E-state index contributed by atoms with van der Waals surface area (Å²) in [5, 5.41) is 11.8. The first-order chi connectivity index (χ1) is 26.2. The van der Waals surface area contributed by atoms with Crippen molar-refractivity contribution in [1.82, 2.24) is 26.3 Å². The van der Waals surface area contributed by atoms with E-state index in [1.54, 1.807) is 19.1 Å². The minimum absolute atomic E-state index is 0.0156. The van der Waals surface area contributed by atoms with Crippen molar-refractivity contribution in [3.05, 3.63) is 70.7 Å². The number of amides is 4. The molecule has 0 bridgehead atoms. The molecule has 1 aliphatic heterocycles. The van der Waals surface area contributed by atoms with Crippen molar-refractivity contribution >= 4 is 34.7 Å². The number of carbonyl (C=O) groups is 4. The van der Waals surface area contributed by atoms with Gasteiger partial charge < -0.3 is 35.7 Å². The van der Waals surface area contributed by atoms with Gasteiger partial charge in [0.1, 0.15) is 23.5 Å². The smallest absolute Gasteiger partial charge is 0.418 e. The van der Waals surface area contributed by atoms with Crippen LogP contribution in [0, 0.1) is 17.7 Å². The maximum Gasteiger partial charge on any atom is 0.418 e. The summed E-state index contributed by atoms with van der Waals surface area (Å²) in [6, 6.07) is 7.94. The number of aromatic amines is 1. The fourth-order valence-electron chi connectivity index (χ4n) is 7.29. The molecule has 5 atom stereocenters. The zero-order valence-electron chi connectivity index (χ0n) is 31.7. The fraction of sp³-hybridized carbons (Fsp3) is 0.550. The monoisotopic (exact) mass is 773 g/mol. The molecule has 15 heteroatoms. The molecule has 5 rings (SSSR count). The number of fused-ring (bicyclic) bond motifs is 3. The van der Waals surface area contributed by atoms with Gasteiger partial charge in [-0.1, -0.05) is 70.9 Å². The molecule has 1 aromatic heterocycles. The zero-order valence-corrected chi connectivity index (χ0v) is 31.7. The average Bonchev–Trinajstić information content (AvgIpc) is 3.53. The van der Waals surface area contributed by atoms with E-state index in [1.807, 2.05) is 20.8 Å². The van der Waals surface area contributed by atoms with Gasteiger partial charge in [-0.15, -0.1) is 0 Å². The lowest BCUT2D eigenvalue weighted by molar-refractivity contribution is -0.137. The molecule has 55 heavy (non-hydrogen) atoms. The number of H-pyrrole nitrogens is 1. The summed E-state index contributed by atoms with van der Waals surface area (Å²) >= 11 is 0. The molecule has 0 saturated carbocycles. The molecule has 1 fully saturated rings. The molecule has 11 nitrogen and oxygen atoms in total. The van der Waals surface area contributed by atoms with Crippen molar-refractivity contribution < 1.29 is 46.2 Å². The molecular formula is C40H51F4N5O6. The number of alkyl carbamates (subject to hydrolysis) is 1. The van der Waals surface area contributed by atoms with Crippen LogP contribution in [-0.2, 0) is 49.3 Å². The van der Waals surface area contributed by atoms with E-state index in [0.717, 1.165) is 6.07 Å². The van der Waals surface area contributed by atoms with Gasteiger partial charge in [0, 0.05) is 42.9 Å². The van der Waals surface area contributed by atoms with Crippen molar-refractivity contribution in [3.8, 4) is 0 Å². The molecule has 2 aliphatic rings. The van der Waals surface area contributed by atoms with Crippen molar-refractivity contribution in [1.29, 1.82) is 0 Å². The van der Waals surface area contributed by atoms with E-state index in [4.69, 9.17) is 9.47 Å². The van der Waals surface area contributed by atoms with E-state index in [0.29, 0.717) is 50.2 Å². The van der Waals surface area contributed by atoms with Crippen molar-refractivity contribution in [2.45, 2.75) is 109 Å². The first-order valence-corrected chi connectivity index (χ1v) is 19.0. The molecule has 1 aliphatic carbocycles. The number of para-hydroxylation sites is 1. The van der Waals surface area contributed by atoms with Gasteiger partial charge in [-0.25, -0.2) is 9.18 Å². The molecule has 3 aromatic rings. The highest BCUT2D eigenvalue weighted by Crippen LogP contribution is 2.40. The molecule has 0 spiro atoms. The third kappa shape index (κ3) is 9.96. The van der Waals surface area contributed by atoms with Gasteiger partial charge in [-0.05, 0) is 47.9 Å². The number of aryl methyl sites for hydroxylation is 1. The lowest BCUT2D eigenvalue weighted by Crippen LogP contribution is -2.66. The van der Waals surface area contributed by atoms with E-state index >= 15 is 0 Å². The number of alkyl halides is 3. The summed E-state index contributed by atoms with van der Waals surface area (Å²) in [5.74, 6) is -2.97. The Morgan fingerprint density at radius 1 is 0.982 bits per heavy atom. The molecule has 1 saturated heterocycles. The molecule has 300 valence electrons. The van der Waals surface area contributed by atoms with Crippen LogP contribution in [0.25, 0.3) is 10.9 Å². The Bertz CT molecular complexity index is 1840. The average molecular weight is 774 g/mol. The fourth-order valence-corrected chi connectivity index (χ4v) is 7.29. The number of halogens is 4. The first kappa shape index (κ1) is 41.5. The third-order valence-electron chi connectivity index (χ3n) is 11.1. The highest BCUT2D eigenvalue weighted by Gasteiger charge is 2.47. The second-order valence-corrected chi connectivity index (χ2v) is 14.8. The SMILES string of the molecule is CCC(C)C(CNC(=O)OC1CCOCC1)NC(=O)[C@]1(NC(=O)C(NC(=O)Cc2ccccc2F)C(C)CC)CCc2[nH]c3c(C(F)(F)F)cccc3c2C1. The molecule has 0 radical (unpaired) electrons. The van der Waals surface area contributed by atoms with Crippen LogP contribution in [0.2, 0.25) is 0 Å². The maximum atomic E-state index is 14.7. The Balaban J connectivity index is 1.44. The molecular weight excluding hydrogens is 722 g/mol. The van der Waals surface area contributed by atoms with Crippen LogP contribution in [0.5, 0.6) is 0 Å². The highest BCUT2D eigenvalue weighted by molar-refractivity contribution is 5.97. The number of carbonyl (C=O) groups excluding carboxylic acids is 4. The van der Waals surface area contributed by atoms with Crippen LogP contribution in [-0.4, -0.2) is 72.3 Å². The molecule has 5 N–H and O–H groups in total. The normalized spacial score (nSPS) is 19.7. The van der Waals surface area contributed by atoms with E-state index < -0.39 is 64.9 Å². The number of hydrogen-bond acceptors (Lipinski definition) is 6. The summed E-state index contributed by atoms with van der Waals surface area (Å²) in [6.07, 6.45) is -3.65. The first-order valence-electron chi connectivity index (χ1n) is 19.0. The number of ether oxygens (including phenoxy) is 2. The highest BCUT2D eigenvalue weighted by atomic mass is 19.4. The van der Waals surface area contributed by atoms with E-state index in [2.05, 4.69) is 26.3 Å². The maximum absolute atomic E-state index is 14.7. The van der Waals surface area contributed by atoms with Gasteiger partial charge in [0.05, 0.1) is 30.7 Å². The Kier molecular flexibility index (Phi) is 13.5. The van der Waals surface area contributed by atoms with E-state index in [9.17, 15) is 36.7 Å². The van der Waals surface area contributed by atoms with E-state index in [1.165, 1.54) is 24.3 Å². The Hall–Kier alpha value is -4.66. The van der Waals surface area contributed by atoms with Gasteiger partial charge >= 0.3 is 12.3 Å². The van der Waals surface area contributed by atoms with Crippen LogP contribution >= 0.6 is 0 Å². The minimum Gasteiger partial charge on any atom is -0.446 e. The zero-order chi connectivity index (χ0) is 39.9. The van der Waals surface area contributed by atoms with Crippen molar-refractivity contribution in [2.24, 2.45) is 11.8 Å². The molecule has 2 aromatic carbocycles. The molecule has 4 unspecified atom stereocenters. The lowest BCUT2D eigenvalue weighted by atomic mass is 9.78. The predicted molar refractivity (Wildman–Crippen MR) is 197 cm³/mol. The van der Waals surface area contributed by atoms with Crippen LogP contribution in [0.4, 0.5) is 22.4 Å². The van der Waals surface area contributed by atoms with Gasteiger partial charge in [0.25, 0.3) is 0 Å². The van der Waals surface area contributed by atoms with Crippen LogP contribution in [0.1, 0.15) is 82.2 Å². The van der Waals surface area contributed by atoms with Crippen molar-refractivity contribution in [3.63, 3.8) is 0 Å². The van der Waals surface area contributed by atoms with Gasteiger partial charge in [0.2, 0.25) is 17.7 Å². The van der Waals surface area contributed by atoms with Crippen molar-refractivity contribution in [2.75, 3.05) is 19.8 Å². The Morgan fingerprint density at radius 3 is 2.36 bits per heavy atom. The summed E-state index contributed by atoms with van der Waals surface area (Å²) in [4.78, 5) is 58.0. The number of benzene rings is 2. The van der Waals surface area contributed by atoms with E-state index in [-0.39, 0.29) is 60.7 Å². The number of nitrogens with one attached hydrogen (secondary N) is 5. The second-order valence-electron chi connectivity index (χ2n) is 14.8. The summed E-state index contributed by atoms with van der Waals surface area (Å²) in [7, 11) is 0. The molecule has 2 heterocycles. The quantitative estimate of drug-likeness (QED) is 0.129. The van der Waals surface area contributed by atoms with Crippen LogP contribution in [0.15, 0.2) is 42.5 Å². The van der Waals surface area contributed by atoms with Gasteiger partial charge in [-0.2, -0.15) is 13.2 Å². The van der Waals surface area contributed by atoms with Gasteiger partial charge in [-0.3, -0.25) is 14.4 Å².